The van der Waals surface area contributed by atoms with Crippen molar-refractivity contribution in [3.63, 3.8) is 0 Å². The minimum atomic E-state index is 0.407. The summed E-state index contributed by atoms with van der Waals surface area (Å²) in [5.41, 5.74) is 1.51. The van der Waals surface area contributed by atoms with E-state index in [0.29, 0.717) is 17.4 Å². The molecule has 1 unspecified atom stereocenters. The highest BCUT2D eigenvalue weighted by Gasteiger charge is 2.48. The Hall–Kier alpha value is -0.960. The van der Waals surface area contributed by atoms with Crippen LogP contribution in [0.3, 0.4) is 0 Å². The van der Waals surface area contributed by atoms with Gasteiger partial charge in [-0.05, 0) is 17.9 Å². The molecule has 0 aromatic carbocycles. The maximum absolute atomic E-state index is 4.63. The van der Waals surface area contributed by atoms with Crippen molar-refractivity contribution in [3.8, 4) is 0 Å². The molecule has 1 fully saturated rings. The van der Waals surface area contributed by atoms with Crippen LogP contribution in [0, 0.1) is 5.41 Å². The average Bonchev–Trinajstić information content (AvgIpc) is 2.85. The van der Waals surface area contributed by atoms with Gasteiger partial charge in [-0.2, -0.15) is 0 Å². The lowest BCUT2D eigenvalue weighted by atomic mass is 10.1. The molecule has 0 aliphatic heterocycles. The number of nitrogens with zero attached hydrogens (tertiary/aromatic N) is 2. The van der Waals surface area contributed by atoms with Crippen molar-refractivity contribution in [3.05, 3.63) is 23.8 Å². The monoisotopic (exact) mass is 219 g/mol. The number of hydrogen-bond donors (Lipinski definition) is 1. The Kier molecular flexibility index (Phi) is 2.98. The maximum Gasteiger partial charge on any atom is 0.132 e. The Morgan fingerprint density at radius 1 is 1.50 bits per heavy atom. The fourth-order valence-electron chi connectivity index (χ4n) is 1.90. The highest BCUT2D eigenvalue weighted by atomic mass is 15.0. The van der Waals surface area contributed by atoms with Gasteiger partial charge in [0.1, 0.15) is 5.82 Å². The minimum absolute atomic E-state index is 0.407. The Bertz CT molecular complexity index is 371. The van der Waals surface area contributed by atoms with Crippen molar-refractivity contribution >= 4 is 0 Å². The van der Waals surface area contributed by atoms with Crippen LogP contribution in [0.1, 0.15) is 51.6 Å². The van der Waals surface area contributed by atoms with Crippen LogP contribution in [0.2, 0.25) is 0 Å². The van der Waals surface area contributed by atoms with E-state index in [1.807, 2.05) is 12.3 Å². The van der Waals surface area contributed by atoms with E-state index in [1.165, 1.54) is 6.42 Å². The van der Waals surface area contributed by atoms with Crippen LogP contribution < -0.4 is 5.32 Å². The third-order valence-corrected chi connectivity index (χ3v) is 3.25. The Morgan fingerprint density at radius 2 is 2.19 bits per heavy atom. The smallest absolute Gasteiger partial charge is 0.132 e. The second-order valence-corrected chi connectivity index (χ2v) is 5.69. The Labute approximate surface area is 97.7 Å². The first kappa shape index (κ1) is 11.5. The van der Waals surface area contributed by atoms with E-state index in [9.17, 15) is 0 Å². The van der Waals surface area contributed by atoms with E-state index in [2.05, 4.69) is 43.0 Å². The molecule has 1 atom stereocenters. The molecule has 1 aliphatic rings. The molecule has 1 saturated carbocycles. The zero-order valence-electron chi connectivity index (χ0n) is 10.6. The highest BCUT2D eigenvalue weighted by molar-refractivity contribution is 5.17. The number of rotatable bonds is 4. The van der Waals surface area contributed by atoms with Crippen LogP contribution in [0.5, 0.6) is 0 Å². The molecule has 0 bridgehead atoms. The van der Waals surface area contributed by atoms with E-state index in [-0.39, 0.29) is 0 Å². The summed E-state index contributed by atoms with van der Waals surface area (Å²) in [4.78, 5) is 9.01. The van der Waals surface area contributed by atoms with E-state index in [0.717, 1.165) is 18.1 Å². The van der Waals surface area contributed by atoms with Crippen molar-refractivity contribution in [1.82, 2.24) is 15.3 Å². The summed E-state index contributed by atoms with van der Waals surface area (Å²) in [5, 5.41) is 3.38. The summed E-state index contributed by atoms with van der Waals surface area (Å²) in [6.07, 6.45) is 3.10. The lowest BCUT2D eigenvalue weighted by molar-refractivity contribution is 0.573. The van der Waals surface area contributed by atoms with Gasteiger partial charge in [-0.15, -0.1) is 0 Å². The summed E-state index contributed by atoms with van der Waals surface area (Å²) in [5.74, 6) is 1.58. The summed E-state index contributed by atoms with van der Waals surface area (Å²) < 4.78 is 0. The predicted octanol–water partition coefficient (Wildman–Crippen LogP) is 2.49. The lowest BCUT2D eigenvalue weighted by Crippen LogP contribution is -2.22. The molecule has 1 aromatic rings. The van der Waals surface area contributed by atoms with Gasteiger partial charge in [0.05, 0.1) is 5.69 Å². The first-order chi connectivity index (χ1) is 7.49. The number of aromatic nitrogens is 2. The molecule has 1 heterocycles. The van der Waals surface area contributed by atoms with E-state index >= 15 is 0 Å². The number of hydrogen-bond acceptors (Lipinski definition) is 3. The molecule has 3 nitrogen and oxygen atoms in total. The van der Waals surface area contributed by atoms with Gasteiger partial charge in [0.15, 0.2) is 0 Å². The predicted molar refractivity (Wildman–Crippen MR) is 65.1 cm³/mol. The SMILES string of the molecule is CC(C)NCc1ccnc(C2CC2(C)C)n1. The molecule has 3 heteroatoms. The molecule has 2 rings (SSSR count). The molecule has 16 heavy (non-hydrogen) atoms. The summed E-state index contributed by atoms with van der Waals surface area (Å²) in [6.45, 7) is 9.68. The third kappa shape index (κ3) is 2.59. The van der Waals surface area contributed by atoms with Gasteiger partial charge in [0.25, 0.3) is 0 Å². The molecule has 1 aliphatic carbocycles. The zero-order valence-corrected chi connectivity index (χ0v) is 10.6. The summed E-state index contributed by atoms with van der Waals surface area (Å²) >= 11 is 0. The zero-order chi connectivity index (χ0) is 11.8. The fourth-order valence-corrected chi connectivity index (χ4v) is 1.90. The Balaban J connectivity index is 2.03. The molecule has 1 aromatic heterocycles. The minimum Gasteiger partial charge on any atom is -0.309 e. The topological polar surface area (TPSA) is 37.8 Å². The van der Waals surface area contributed by atoms with Crippen LogP contribution in [-0.2, 0) is 6.54 Å². The molecular formula is C13H21N3. The van der Waals surface area contributed by atoms with Crippen LogP contribution in [0.4, 0.5) is 0 Å². The fraction of sp³-hybridized carbons (Fsp3) is 0.692. The van der Waals surface area contributed by atoms with Gasteiger partial charge >= 0.3 is 0 Å². The first-order valence-corrected chi connectivity index (χ1v) is 6.04. The summed E-state index contributed by atoms with van der Waals surface area (Å²) in [7, 11) is 0. The van der Waals surface area contributed by atoms with Gasteiger partial charge < -0.3 is 5.32 Å². The standard InChI is InChI=1S/C13H21N3/c1-9(2)15-8-10-5-6-14-12(16-10)11-7-13(11,3)4/h5-6,9,11,15H,7-8H2,1-4H3. The van der Waals surface area contributed by atoms with Gasteiger partial charge in [-0.25, -0.2) is 9.97 Å². The number of nitrogens with one attached hydrogen (secondary N) is 1. The highest BCUT2D eigenvalue weighted by Crippen LogP contribution is 2.57. The molecule has 0 radical (unpaired) electrons. The average molecular weight is 219 g/mol. The van der Waals surface area contributed by atoms with E-state index in [4.69, 9.17) is 0 Å². The second-order valence-electron chi connectivity index (χ2n) is 5.69. The van der Waals surface area contributed by atoms with Crippen molar-refractivity contribution in [1.29, 1.82) is 0 Å². The van der Waals surface area contributed by atoms with Crippen molar-refractivity contribution in [2.24, 2.45) is 5.41 Å². The molecule has 0 saturated heterocycles. The van der Waals surface area contributed by atoms with Crippen LogP contribution in [0.15, 0.2) is 12.3 Å². The third-order valence-electron chi connectivity index (χ3n) is 3.25. The first-order valence-electron chi connectivity index (χ1n) is 6.04. The molecule has 1 N–H and O–H groups in total. The molecule has 0 spiro atoms. The largest absolute Gasteiger partial charge is 0.309 e. The summed E-state index contributed by atoms with van der Waals surface area (Å²) in [6, 6.07) is 2.49. The second kappa shape index (κ2) is 4.13. The maximum atomic E-state index is 4.63. The van der Waals surface area contributed by atoms with Crippen molar-refractivity contribution in [2.75, 3.05) is 0 Å². The molecular weight excluding hydrogens is 198 g/mol. The van der Waals surface area contributed by atoms with E-state index < -0.39 is 0 Å². The van der Waals surface area contributed by atoms with Crippen LogP contribution >= 0.6 is 0 Å². The van der Waals surface area contributed by atoms with Gasteiger partial charge in [-0.3, -0.25) is 0 Å². The van der Waals surface area contributed by atoms with Gasteiger partial charge in [0.2, 0.25) is 0 Å². The van der Waals surface area contributed by atoms with E-state index in [1.54, 1.807) is 0 Å². The van der Waals surface area contributed by atoms with Crippen molar-refractivity contribution in [2.45, 2.75) is 52.6 Å². The van der Waals surface area contributed by atoms with Crippen molar-refractivity contribution < 1.29 is 0 Å². The van der Waals surface area contributed by atoms with Gasteiger partial charge in [-0.1, -0.05) is 27.7 Å². The lowest BCUT2D eigenvalue weighted by Gasteiger charge is -2.08. The quantitative estimate of drug-likeness (QED) is 0.845. The van der Waals surface area contributed by atoms with Crippen LogP contribution in [-0.4, -0.2) is 16.0 Å². The molecule has 88 valence electrons. The van der Waals surface area contributed by atoms with Crippen LogP contribution in [0.25, 0.3) is 0 Å². The normalized spacial score (nSPS) is 22.4. The molecule has 0 amide bonds. The van der Waals surface area contributed by atoms with Gasteiger partial charge in [0, 0.05) is 24.7 Å². The Morgan fingerprint density at radius 3 is 2.75 bits per heavy atom.